The van der Waals surface area contributed by atoms with Gasteiger partial charge in [-0.2, -0.15) is 11.8 Å². The van der Waals surface area contributed by atoms with Crippen LogP contribution in [0.2, 0.25) is 0 Å². The number of rotatable bonds is 8. The van der Waals surface area contributed by atoms with Crippen molar-refractivity contribution in [3.05, 3.63) is 24.2 Å². The first kappa shape index (κ1) is 21.7. The second-order valence-corrected chi connectivity index (χ2v) is 9.11. The van der Waals surface area contributed by atoms with Crippen LogP contribution in [0.3, 0.4) is 0 Å². The lowest BCUT2D eigenvalue weighted by Gasteiger charge is -2.24. The maximum Gasteiger partial charge on any atom is 0.408 e. The van der Waals surface area contributed by atoms with E-state index in [1.165, 1.54) is 32.1 Å². The molecule has 7 heteroatoms. The molecule has 0 aliphatic heterocycles. The molecule has 1 aliphatic rings. The Morgan fingerprint density at radius 1 is 1.30 bits per heavy atom. The van der Waals surface area contributed by atoms with Crippen molar-refractivity contribution < 1.29 is 18.7 Å². The van der Waals surface area contributed by atoms with Gasteiger partial charge in [-0.15, -0.1) is 0 Å². The van der Waals surface area contributed by atoms with E-state index in [4.69, 9.17) is 9.15 Å². The number of amides is 2. The molecule has 1 aromatic rings. The molecule has 1 atom stereocenters. The van der Waals surface area contributed by atoms with Crippen LogP contribution < -0.4 is 10.6 Å². The Morgan fingerprint density at radius 3 is 2.67 bits per heavy atom. The Hall–Kier alpha value is -1.63. The summed E-state index contributed by atoms with van der Waals surface area (Å²) in [6.07, 6.45) is 7.46. The number of ether oxygens (including phenoxy) is 1. The smallest absolute Gasteiger partial charge is 0.408 e. The number of alkyl carbamates (subject to hydrolysis) is 1. The summed E-state index contributed by atoms with van der Waals surface area (Å²) in [5.41, 5.74) is -0.603. The Kier molecular flexibility index (Phi) is 8.54. The van der Waals surface area contributed by atoms with Crippen molar-refractivity contribution in [2.24, 2.45) is 5.92 Å². The lowest BCUT2D eigenvalue weighted by atomic mass is 9.91. The summed E-state index contributed by atoms with van der Waals surface area (Å²) in [6.45, 7) is 5.70. The zero-order valence-electron chi connectivity index (χ0n) is 16.6. The number of nitrogens with one attached hydrogen (secondary N) is 2. The molecule has 2 N–H and O–H groups in total. The van der Waals surface area contributed by atoms with E-state index >= 15 is 0 Å². The number of hydrogen-bond acceptors (Lipinski definition) is 5. The number of furan rings is 1. The van der Waals surface area contributed by atoms with Crippen LogP contribution in [0.25, 0.3) is 0 Å². The molecule has 0 unspecified atom stereocenters. The van der Waals surface area contributed by atoms with Crippen LogP contribution in [0.1, 0.15) is 58.6 Å². The second kappa shape index (κ2) is 10.6. The third-order valence-electron chi connectivity index (χ3n) is 4.39. The summed E-state index contributed by atoms with van der Waals surface area (Å²) in [7, 11) is 0. The Balaban J connectivity index is 1.85. The highest BCUT2D eigenvalue weighted by Gasteiger charge is 2.25. The second-order valence-electron chi connectivity index (χ2n) is 8.04. The molecular formula is C20H32N2O4S. The van der Waals surface area contributed by atoms with E-state index in [1.807, 2.05) is 0 Å². The van der Waals surface area contributed by atoms with Crippen molar-refractivity contribution in [1.82, 2.24) is 10.6 Å². The minimum absolute atomic E-state index is 0.228. The van der Waals surface area contributed by atoms with E-state index in [9.17, 15) is 9.59 Å². The first-order chi connectivity index (χ1) is 12.8. The normalized spacial score (nSPS) is 16.6. The van der Waals surface area contributed by atoms with Crippen molar-refractivity contribution >= 4 is 23.8 Å². The highest BCUT2D eigenvalue weighted by atomic mass is 32.2. The van der Waals surface area contributed by atoms with Crippen molar-refractivity contribution in [2.75, 3.05) is 11.5 Å². The first-order valence-corrected chi connectivity index (χ1v) is 10.9. The van der Waals surface area contributed by atoms with Gasteiger partial charge in [-0.1, -0.05) is 19.3 Å². The van der Waals surface area contributed by atoms with Crippen LogP contribution in [-0.4, -0.2) is 35.1 Å². The number of carbonyl (C=O) groups excluding carboxylic acids is 2. The molecule has 0 aromatic carbocycles. The molecule has 6 nitrogen and oxygen atoms in total. The van der Waals surface area contributed by atoms with E-state index in [1.54, 1.807) is 50.9 Å². The monoisotopic (exact) mass is 396 g/mol. The fraction of sp³-hybridized carbons (Fsp3) is 0.700. The van der Waals surface area contributed by atoms with E-state index < -0.39 is 17.7 Å². The lowest BCUT2D eigenvalue weighted by molar-refractivity contribution is -0.122. The third kappa shape index (κ3) is 8.73. The van der Waals surface area contributed by atoms with Gasteiger partial charge in [0.1, 0.15) is 17.4 Å². The quantitative estimate of drug-likeness (QED) is 0.691. The largest absolute Gasteiger partial charge is 0.467 e. The standard InChI is InChI=1S/C20H32N2O4S/c1-20(2,3)26-19(24)22-17(14-27-13-15-8-5-4-6-9-15)18(23)21-12-16-10-7-11-25-16/h7,10-11,15,17H,4-6,8-9,12-14H2,1-3H3,(H,21,23)(H,22,24)/t17-/m0/s1. The maximum atomic E-state index is 12.6. The molecule has 1 saturated carbocycles. The van der Waals surface area contributed by atoms with Crippen LogP contribution in [-0.2, 0) is 16.1 Å². The highest BCUT2D eigenvalue weighted by molar-refractivity contribution is 7.99. The van der Waals surface area contributed by atoms with Gasteiger partial charge in [0.15, 0.2) is 0 Å². The van der Waals surface area contributed by atoms with Gasteiger partial charge in [-0.05, 0) is 57.4 Å². The molecule has 1 fully saturated rings. The molecule has 27 heavy (non-hydrogen) atoms. The summed E-state index contributed by atoms with van der Waals surface area (Å²) >= 11 is 1.72. The number of carbonyl (C=O) groups is 2. The Bertz CT molecular complexity index is 577. The van der Waals surface area contributed by atoms with E-state index in [0.29, 0.717) is 18.1 Å². The molecule has 0 radical (unpaired) electrons. The topological polar surface area (TPSA) is 80.6 Å². The van der Waals surface area contributed by atoms with Gasteiger partial charge in [0.25, 0.3) is 0 Å². The average molecular weight is 397 g/mol. The third-order valence-corrected chi connectivity index (χ3v) is 5.66. The minimum atomic E-state index is -0.636. The summed E-state index contributed by atoms with van der Waals surface area (Å²) < 4.78 is 10.5. The fourth-order valence-electron chi connectivity index (χ4n) is 3.05. The fourth-order valence-corrected chi connectivity index (χ4v) is 4.32. The van der Waals surface area contributed by atoms with Gasteiger partial charge in [0, 0.05) is 5.75 Å². The van der Waals surface area contributed by atoms with Crippen LogP contribution in [0, 0.1) is 5.92 Å². The van der Waals surface area contributed by atoms with Crippen LogP contribution in [0.5, 0.6) is 0 Å². The molecular weight excluding hydrogens is 364 g/mol. The average Bonchev–Trinajstić information content (AvgIpc) is 3.11. The van der Waals surface area contributed by atoms with Crippen molar-refractivity contribution in [3.8, 4) is 0 Å². The molecule has 152 valence electrons. The molecule has 1 aliphatic carbocycles. The zero-order valence-corrected chi connectivity index (χ0v) is 17.4. The van der Waals surface area contributed by atoms with Gasteiger partial charge in [0.2, 0.25) is 5.91 Å². The van der Waals surface area contributed by atoms with E-state index in [0.717, 1.165) is 11.7 Å². The van der Waals surface area contributed by atoms with Crippen molar-refractivity contribution in [2.45, 2.75) is 71.1 Å². The van der Waals surface area contributed by atoms with Gasteiger partial charge in [0.05, 0.1) is 12.8 Å². The summed E-state index contributed by atoms with van der Waals surface area (Å²) in [4.78, 5) is 24.7. The minimum Gasteiger partial charge on any atom is -0.467 e. The molecule has 1 aromatic heterocycles. The SMILES string of the molecule is CC(C)(C)OC(=O)N[C@@H](CSCC1CCCCC1)C(=O)NCc1ccco1. The summed E-state index contributed by atoms with van der Waals surface area (Å²) in [5.74, 6) is 2.72. The van der Waals surface area contributed by atoms with Crippen LogP contribution in [0.15, 0.2) is 22.8 Å². The lowest BCUT2D eigenvalue weighted by Crippen LogP contribution is -2.49. The number of hydrogen-bond donors (Lipinski definition) is 2. The molecule has 1 heterocycles. The van der Waals surface area contributed by atoms with Crippen LogP contribution >= 0.6 is 11.8 Å². The molecule has 2 rings (SSSR count). The van der Waals surface area contributed by atoms with E-state index in [-0.39, 0.29) is 5.91 Å². The van der Waals surface area contributed by atoms with Gasteiger partial charge in [-0.3, -0.25) is 4.79 Å². The van der Waals surface area contributed by atoms with Gasteiger partial charge < -0.3 is 19.8 Å². The summed E-state index contributed by atoms with van der Waals surface area (Å²) in [6, 6.07) is 2.94. The van der Waals surface area contributed by atoms with Crippen LogP contribution in [0.4, 0.5) is 4.79 Å². The predicted octanol–water partition coefficient (Wildman–Crippen LogP) is 4.10. The predicted molar refractivity (Wildman–Crippen MR) is 108 cm³/mol. The van der Waals surface area contributed by atoms with Gasteiger partial charge in [-0.25, -0.2) is 4.79 Å². The van der Waals surface area contributed by atoms with Gasteiger partial charge >= 0.3 is 6.09 Å². The molecule has 0 saturated heterocycles. The zero-order chi connectivity index (χ0) is 19.7. The Labute approximate surface area is 166 Å². The van der Waals surface area contributed by atoms with E-state index in [2.05, 4.69) is 10.6 Å². The first-order valence-electron chi connectivity index (χ1n) is 9.71. The molecule has 0 bridgehead atoms. The molecule has 2 amide bonds. The highest BCUT2D eigenvalue weighted by Crippen LogP contribution is 2.27. The maximum absolute atomic E-state index is 12.6. The Morgan fingerprint density at radius 2 is 2.04 bits per heavy atom. The number of thioether (sulfide) groups is 1. The van der Waals surface area contributed by atoms with Crippen molar-refractivity contribution in [1.29, 1.82) is 0 Å². The van der Waals surface area contributed by atoms with Crippen molar-refractivity contribution in [3.63, 3.8) is 0 Å². The molecule has 0 spiro atoms. The summed E-state index contributed by atoms with van der Waals surface area (Å²) in [5, 5.41) is 5.54.